The van der Waals surface area contributed by atoms with Crippen LogP contribution in [0.5, 0.6) is 0 Å². The first-order chi connectivity index (χ1) is 12.1. The van der Waals surface area contributed by atoms with Crippen LogP contribution in [-0.4, -0.2) is 34.1 Å². The zero-order chi connectivity index (χ0) is 17.8. The van der Waals surface area contributed by atoms with Crippen molar-refractivity contribution < 1.29 is 9.90 Å². The number of fused-ring (bicyclic) bond motifs is 1. The zero-order valence-electron chi connectivity index (χ0n) is 14.2. The van der Waals surface area contributed by atoms with Crippen LogP contribution in [0.3, 0.4) is 0 Å². The van der Waals surface area contributed by atoms with Crippen molar-refractivity contribution in [3.63, 3.8) is 0 Å². The molecule has 0 saturated heterocycles. The molecule has 6 heteroatoms. The van der Waals surface area contributed by atoms with Gasteiger partial charge in [-0.15, -0.1) is 0 Å². The fourth-order valence-corrected chi connectivity index (χ4v) is 2.71. The number of aromatic nitrogens is 2. The van der Waals surface area contributed by atoms with Crippen LogP contribution < -0.4 is 10.2 Å². The van der Waals surface area contributed by atoms with Gasteiger partial charge in [-0.25, -0.2) is 9.78 Å². The Balaban J connectivity index is 2.00. The van der Waals surface area contributed by atoms with E-state index < -0.39 is 5.97 Å². The number of hydrogen-bond acceptors (Lipinski definition) is 5. The molecule has 1 aromatic heterocycles. The summed E-state index contributed by atoms with van der Waals surface area (Å²) in [7, 11) is 0. The lowest BCUT2D eigenvalue weighted by Crippen LogP contribution is -2.23. The van der Waals surface area contributed by atoms with Gasteiger partial charge in [0, 0.05) is 24.2 Å². The van der Waals surface area contributed by atoms with Crippen LogP contribution in [0.25, 0.3) is 10.9 Å². The molecule has 0 bridgehead atoms. The minimum absolute atomic E-state index is 0.244. The molecule has 0 amide bonds. The van der Waals surface area contributed by atoms with Crippen molar-refractivity contribution in [1.82, 2.24) is 9.97 Å². The highest BCUT2D eigenvalue weighted by atomic mass is 16.4. The van der Waals surface area contributed by atoms with Gasteiger partial charge in [0.25, 0.3) is 0 Å². The fraction of sp³-hybridized carbons (Fsp3) is 0.211. The number of nitrogens with zero attached hydrogens (tertiary/aromatic N) is 3. The highest BCUT2D eigenvalue weighted by Crippen LogP contribution is 2.26. The van der Waals surface area contributed by atoms with Crippen LogP contribution >= 0.6 is 0 Å². The summed E-state index contributed by atoms with van der Waals surface area (Å²) in [5, 5.41) is 13.2. The first kappa shape index (κ1) is 16.7. The van der Waals surface area contributed by atoms with Gasteiger partial charge in [0.05, 0.1) is 11.1 Å². The molecule has 128 valence electrons. The van der Waals surface area contributed by atoms with Crippen molar-refractivity contribution in [3.05, 3.63) is 54.1 Å². The Morgan fingerprint density at radius 2 is 1.72 bits per heavy atom. The molecule has 3 rings (SSSR count). The number of hydrogen-bond donors (Lipinski definition) is 2. The molecular formula is C19H20N4O2. The average molecular weight is 336 g/mol. The number of para-hydroxylation sites is 1. The number of aromatic carboxylic acids is 1. The van der Waals surface area contributed by atoms with Gasteiger partial charge in [-0.05, 0) is 50.2 Å². The van der Waals surface area contributed by atoms with Crippen molar-refractivity contribution >= 4 is 34.3 Å². The maximum Gasteiger partial charge on any atom is 0.335 e. The van der Waals surface area contributed by atoms with Gasteiger partial charge in [0.2, 0.25) is 5.95 Å². The summed E-state index contributed by atoms with van der Waals surface area (Å²) < 4.78 is 0. The van der Waals surface area contributed by atoms with Crippen LogP contribution in [0, 0.1) is 0 Å². The fourth-order valence-electron chi connectivity index (χ4n) is 2.71. The lowest BCUT2D eigenvalue weighted by Gasteiger charge is -2.22. The van der Waals surface area contributed by atoms with E-state index in [1.54, 1.807) is 24.3 Å². The third kappa shape index (κ3) is 3.52. The van der Waals surface area contributed by atoms with E-state index in [1.807, 2.05) is 24.3 Å². The van der Waals surface area contributed by atoms with Crippen molar-refractivity contribution in [3.8, 4) is 0 Å². The molecule has 0 fully saturated rings. The van der Waals surface area contributed by atoms with E-state index in [0.717, 1.165) is 35.5 Å². The largest absolute Gasteiger partial charge is 0.478 e. The summed E-state index contributed by atoms with van der Waals surface area (Å²) >= 11 is 0. The molecule has 3 aromatic rings. The zero-order valence-corrected chi connectivity index (χ0v) is 14.2. The number of rotatable bonds is 6. The van der Waals surface area contributed by atoms with E-state index >= 15 is 0 Å². The molecule has 0 radical (unpaired) electrons. The normalized spacial score (nSPS) is 10.6. The summed E-state index contributed by atoms with van der Waals surface area (Å²) in [6.07, 6.45) is 0. The third-order valence-electron chi connectivity index (χ3n) is 4.03. The molecule has 2 aromatic carbocycles. The maximum absolute atomic E-state index is 11.0. The minimum atomic E-state index is -0.947. The Bertz CT molecular complexity index is 890. The summed E-state index contributed by atoms with van der Waals surface area (Å²) in [6.45, 7) is 5.89. The van der Waals surface area contributed by atoms with Crippen LogP contribution in [0.15, 0.2) is 48.5 Å². The highest BCUT2D eigenvalue weighted by molar-refractivity contribution is 5.91. The lowest BCUT2D eigenvalue weighted by molar-refractivity contribution is 0.0697. The average Bonchev–Trinajstić information content (AvgIpc) is 2.63. The summed E-state index contributed by atoms with van der Waals surface area (Å²) in [5.74, 6) is 0.432. The van der Waals surface area contributed by atoms with Crippen molar-refractivity contribution in [2.75, 3.05) is 23.3 Å². The second-order valence-corrected chi connectivity index (χ2v) is 5.57. The molecule has 0 unspecified atom stereocenters. The monoisotopic (exact) mass is 336 g/mol. The number of carboxylic acids is 1. The second kappa shape index (κ2) is 7.17. The topological polar surface area (TPSA) is 78.4 Å². The van der Waals surface area contributed by atoms with Gasteiger partial charge < -0.3 is 15.3 Å². The predicted molar refractivity (Wildman–Crippen MR) is 99.8 cm³/mol. The van der Waals surface area contributed by atoms with Gasteiger partial charge in [-0.3, -0.25) is 0 Å². The SMILES string of the molecule is CCN(CC)c1nc(Nc2ccc(C(=O)O)cc2)nc2ccccc12. The molecule has 2 N–H and O–H groups in total. The molecule has 0 aliphatic heterocycles. The number of carbonyl (C=O) groups is 1. The molecule has 0 saturated carbocycles. The molecule has 1 heterocycles. The smallest absolute Gasteiger partial charge is 0.335 e. The number of carboxylic acid groups (broad SMARTS) is 1. The van der Waals surface area contributed by atoms with Crippen LogP contribution in [0.1, 0.15) is 24.2 Å². The Kier molecular flexibility index (Phi) is 4.79. The summed E-state index contributed by atoms with van der Waals surface area (Å²) in [4.78, 5) is 22.4. The summed E-state index contributed by atoms with van der Waals surface area (Å²) in [6, 6.07) is 14.4. The van der Waals surface area contributed by atoms with E-state index in [2.05, 4.69) is 34.0 Å². The predicted octanol–water partition coefficient (Wildman–Crippen LogP) is 3.92. The molecule has 0 atom stereocenters. The van der Waals surface area contributed by atoms with E-state index in [-0.39, 0.29) is 5.56 Å². The molecule has 0 spiro atoms. The molecule has 25 heavy (non-hydrogen) atoms. The molecule has 6 nitrogen and oxygen atoms in total. The third-order valence-corrected chi connectivity index (χ3v) is 4.03. The molecule has 0 aliphatic carbocycles. The Labute approximate surface area is 146 Å². The molecular weight excluding hydrogens is 316 g/mol. The first-order valence-electron chi connectivity index (χ1n) is 8.24. The van der Waals surface area contributed by atoms with E-state index in [9.17, 15) is 4.79 Å². The summed E-state index contributed by atoms with van der Waals surface area (Å²) in [5.41, 5.74) is 1.85. The van der Waals surface area contributed by atoms with Gasteiger partial charge in [0.15, 0.2) is 0 Å². The van der Waals surface area contributed by atoms with Crippen LogP contribution in [-0.2, 0) is 0 Å². The highest BCUT2D eigenvalue weighted by Gasteiger charge is 2.12. The Morgan fingerprint density at radius 3 is 2.36 bits per heavy atom. The second-order valence-electron chi connectivity index (χ2n) is 5.57. The lowest BCUT2D eigenvalue weighted by atomic mass is 10.2. The standard InChI is InChI=1S/C19H20N4O2/c1-3-23(4-2)17-15-7-5-6-8-16(15)21-19(22-17)20-14-11-9-13(10-12-14)18(24)25/h5-12H,3-4H2,1-2H3,(H,24,25)(H,20,21,22). The van der Waals surface area contributed by atoms with Crippen LogP contribution in [0.4, 0.5) is 17.5 Å². The van der Waals surface area contributed by atoms with Gasteiger partial charge in [-0.1, -0.05) is 12.1 Å². The Morgan fingerprint density at radius 1 is 1.04 bits per heavy atom. The van der Waals surface area contributed by atoms with Crippen molar-refractivity contribution in [1.29, 1.82) is 0 Å². The molecule has 0 aliphatic rings. The van der Waals surface area contributed by atoms with Gasteiger partial charge in [-0.2, -0.15) is 4.98 Å². The van der Waals surface area contributed by atoms with Crippen molar-refractivity contribution in [2.24, 2.45) is 0 Å². The van der Waals surface area contributed by atoms with E-state index in [4.69, 9.17) is 5.11 Å². The maximum atomic E-state index is 11.0. The van der Waals surface area contributed by atoms with E-state index in [0.29, 0.717) is 5.95 Å². The minimum Gasteiger partial charge on any atom is -0.478 e. The number of anilines is 3. The number of benzene rings is 2. The quantitative estimate of drug-likeness (QED) is 0.710. The first-order valence-corrected chi connectivity index (χ1v) is 8.24. The van der Waals surface area contributed by atoms with Crippen LogP contribution in [0.2, 0.25) is 0 Å². The van der Waals surface area contributed by atoms with E-state index in [1.165, 1.54) is 0 Å². The van der Waals surface area contributed by atoms with Gasteiger partial charge in [0.1, 0.15) is 5.82 Å². The number of nitrogens with one attached hydrogen (secondary N) is 1. The van der Waals surface area contributed by atoms with Crippen molar-refractivity contribution in [2.45, 2.75) is 13.8 Å². The Hall–Kier alpha value is -3.15. The van der Waals surface area contributed by atoms with Gasteiger partial charge >= 0.3 is 5.97 Å².